The van der Waals surface area contributed by atoms with Crippen LogP contribution in [0.3, 0.4) is 0 Å². The van der Waals surface area contributed by atoms with E-state index in [9.17, 15) is 0 Å². The van der Waals surface area contributed by atoms with Gasteiger partial charge in [-0.3, -0.25) is 14.7 Å². The third-order valence-corrected chi connectivity index (χ3v) is 7.11. The van der Waals surface area contributed by atoms with Crippen molar-refractivity contribution >= 4 is 0 Å². The van der Waals surface area contributed by atoms with Crippen molar-refractivity contribution in [3.05, 3.63) is 71.8 Å². The molecule has 0 N–H and O–H groups in total. The van der Waals surface area contributed by atoms with Crippen LogP contribution in [0.25, 0.3) is 0 Å². The summed E-state index contributed by atoms with van der Waals surface area (Å²) in [5.41, 5.74) is 2.98. The fourth-order valence-corrected chi connectivity index (χ4v) is 6.58. The van der Waals surface area contributed by atoms with Crippen molar-refractivity contribution in [3.8, 4) is 0 Å². The van der Waals surface area contributed by atoms with Crippen LogP contribution < -0.4 is 0 Å². The van der Waals surface area contributed by atoms with Gasteiger partial charge in [-0.2, -0.15) is 0 Å². The van der Waals surface area contributed by atoms with Crippen molar-refractivity contribution in [3.63, 3.8) is 0 Å². The highest BCUT2D eigenvalue weighted by atomic mass is 15.7. The first kappa shape index (κ1) is 11.8. The van der Waals surface area contributed by atoms with E-state index in [0.717, 1.165) is 42.8 Å². The molecule has 4 atom stereocenters. The molecule has 6 fully saturated rings. The third kappa shape index (κ3) is 1.11. The number of nitrogens with zero attached hydrogens (tertiary/aromatic N) is 3. The molecule has 0 amide bonds. The van der Waals surface area contributed by atoms with Gasteiger partial charge in [0.25, 0.3) is 0 Å². The van der Waals surface area contributed by atoms with E-state index >= 15 is 0 Å². The van der Waals surface area contributed by atoms with E-state index in [2.05, 4.69) is 75.4 Å². The molecule has 0 saturated carbocycles. The minimum Gasteiger partial charge on any atom is -0.287 e. The molecule has 2 aromatic rings. The second-order valence-corrected chi connectivity index (χ2v) is 7.78. The quantitative estimate of drug-likeness (QED) is 0.859. The molecule has 8 rings (SSSR count). The summed E-state index contributed by atoms with van der Waals surface area (Å²) in [5.74, 6) is 0. The van der Waals surface area contributed by atoms with Gasteiger partial charge in [-0.1, -0.05) is 60.7 Å². The minimum absolute atomic E-state index is 0.576. The van der Waals surface area contributed by atoms with Crippen molar-refractivity contribution in [1.29, 1.82) is 0 Å². The van der Waals surface area contributed by atoms with Gasteiger partial charge in [-0.05, 0) is 11.1 Å². The van der Waals surface area contributed by atoms with E-state index in [1.807, 2.05) is 0 Å². The summed E-state index contributed by atoms with van der Waals surface area (Å²) < 4.78 is 0. The van der Waals surface area contributed by atoms with Gasteiger partial charge in [-0.15, -0.1) is 0 Å². The molecule has 0 radical (unpaired) electrons. The van der Waals surface area contributed by atoms with E-state index in [4.69, 9.17) is 0 Å². The Labute approximate surface area is 136 Å². The smallest absolute Gasteiger partial charge is 0.0900 e. The van der Waals surface area contributed by atoms with Gasteiger partial charge in [0.15, 0.2) is 0 Å². The first-order valence-electron chi connectivity index (χ1n) is 8.85. The molecule has 6 heterocycles. The van der Waals surface area contributed by atoms with Crippen molar-refractivity contribution in [2.75, 3.05) is 0 Å². The lowest BCUT2D eigenvalue weighted by Gasteiger charge is -2.58. The molecule has 3 heteroatoms. The number of rotatable bonds is 3. The molecular weight excluding hydrogens is 282 g/mol. The molecule has 3 nitrogen and oxygen atoms in total. The van der Waals surface area contributed by atoms with Crippen molar-refractivity contribution in [2.45, 2.75) is 49.0 Å². The van der Waals surface area contributed by atoms with Crippen LogP contribution in [0.5, 0.6) is 0 Å². The molecular formula is C20H19N3. The van der Waals surface area contributed by atoms with Gasteiger partial charge in [0.05, 0.1) is 6.17 Å². The Balaban J connectivity index is 1.22. The fraction of sp³-hybridized carbons (Fsp3) is 0.400. The summed E-state index contributed by atoms with van der Waals surface area (Å²) in [5, 5.41) is 0. The first-order valence-corrected chi connectivity index (χ1v) is 8.85. The van der Waals surface area contributed by atoms with Crippen LogP contribution in [0.1, 0.15) is 17.3 Å². The lowest BCUT2D eigenvalue weighted by Crippen LogP contribution is -2.79. The Morgan fingerprint density at radius 1 is 0.609 bits per heavy atom. The van der Waals surface area contributed by atoms with E-state index < -0.39 is 0 Å². The van der Waals surface area contributed by atoms with Crippen LogP contribution in [0.4, 0.5) is 0 Å². The third-order valence-electron chi connectivity index (χ3n) is 7.11. The molecule has 0 aliphatic carbocycles. The average molecular weight is 301 g/mol. The van der Waals surface area contributed by atoms with Gasteiger partial charge in [0, 0.05) is 42.8 Å². The van der Waals surface area contributed by atoms with Crippen molar-refractivity contribution in [1.82, 2.24) is 14.7 Å². The second-order valence-electron chi connectivity index (χ2n) is 7.78. The Hall–Kier alpha value is -1.68. The molecule has 6 aliphatic heterocycles. The first-order chi connectivity index (χ1) is 11.4. The van der Waals surface area contributed by atoms with E-state index in [-0.39, 0.29) is 0 Å². The van der Waals surface area contributed by atoms with Gasteiger partial charge in [-0.25, -0.2) is 0 Å². The maximum absolute atomic E-state index is 2.83. The highest BCUT2D eigenvalue weighted by Gasteiger charge is 2.88. The molecule has 0 spiro atoms. The topological polar surface area (TPSA) is 9.72 Å². The van der Waals surface area contributed by atoms with E-state index in [0.29, 0.717) is 6.17 Å². The fourth-order valence-electron chi connectivity index (χ4n) is 6.58. The van der Waals surface area contributed by atoms with Crippen molar-refractivity contribution < 1.29 is 0 Å². The summed E-state index contributed by atoms with van der Waals surface area (Å²) >= 11 is 0. The molecule has 4 bridgehead atoms. The van der Waals surface area contributed by atoms with Crippen LogP contribution in [0, 0.1) is 0 Å². The summed E-state index contributed by atoms with van der Waals surface area (Å²) in [6, 6.07) is 27.0. The zero-order valence-corrected chi connectivity index (χ0v) is 12.9. The van der Waals surface area contributed by atoms with Crippen LogP contribution in [-0.4, -0.2) is 51.0 Å². The Morgan fingerprint density at radius 2 is 1.13 bits per heavy atom. The molecule has 2 aromatic carbocycles. The minimum atomic E-state index is 0.576. The zero-order chi connectivity index (χ0) is 14.7. The number of hydrogen-bond donors (Lipinski definition) is 0. The summed E-state index contributed by atoms with van der Waals surface area (Å²) in [6.07, 6.45) is 0.576. The molecule has 0 aromatic heterocycles. The largest absolute Gasteiger partial charge is 0.287 e. The van der Waals surface area contributed by atoms with Crippen LogP contribution >= 0.6 is 0 Å². The highest BCUT2D eigenvalue weighted by Crippen LogP contribution is 2.71. The van der Waals surface area contributed by atoms with Gasteiger partial charge < -0.3 is 0 Å². The summed E-state index contributed by atoms with van der Waals surface area (Å²) in [7, 11) is 0. The van der Waals surface area contributed by atoms with Gasteiger partial charge >= 0.3 is 0 Å². The predicted octanol–water partition coefficient (Wildman–Crippen LogP) is 2.07. The lowest BCUT2D eigenvalue weighted by molar-refractivity contribution is -0.0468. The number of benzene rings is 2. The van der Waals surface area contributed by atoms with Crippen LogP contribution in [0.15, 0.2) is 60.7 Å². The van der Waals surface area contributed by atoms with Crippen molar-refractivity contribution in [2.24, 2.45) is 0 Å². The van der Waals surface area contributed by atoms with Gasteiger partial charge in [0.1, 0.15) is 0 Å². The standard InChI is InChI=1S/C20H19N3/c1-3-7-12(8-4-1)11-21-14-16-18-15(21)19-17(14)22(16)20(23(18)19)13-9-5-2-6-10-13/h1-10,14-20H,11H2. The van der Waals surface area contributed by atoms with Crippen LogP contribution in [0.2, 0.25) is 0 Å². The molecule has 6 aliphatic rings. The van der Waals surface area contributed by atoms with Gasteiger partial charge in [0.2, 0.25) is 0 Å². The number of piperazine rings is 1. The monoisotopic (exact) mass is 301 g/mol. The van der Waals surface area contributed by atoms with E-state index in [1.54, 1.807) is 0 Å². The second kappa shape index (κ2) is 3.69. The molecule has 6 saturated heterocycles. The highest BCUT2D eigenvalue weighted by molar-refractivity contribution is 5.47. The lowest BCUT2D eigenvalue weighted by atomic mass is 9.69. The predicted molar refractivity (Wildman–Crippen MR) is 87.6 cm³/mol. The Kier molecular flexibility index (Phi) is 1.89. The summed E-state index contributed by atoms with van der Waals surface area (Å²) in [6.45, 7) is 1.15. The number of hydrogen-bond acceptors (Lipinski definition) is 3. The Morgan fingerprint density at radius 3 is 1.70 bits per heavy atom. The molecule has 4 unspecified atom stereocenters. The normalized spacial score (nSPS) is 45.5. The summed E-state index contributed by atoms with van der Waals surface area (Å²) in [4.78, 5) is 8.49. The van der Waals surface area contributed by atoms with E-state index in [1.165, 1.54) is 11.1 Å². The maximum atomic E-state index is 2.83. The Bertz CT molecular complexity index is 716. The zero-order valence-electron chi connectivity index (χ0n) is 12.9. The molecule has 23 heavy (non-hydrogen) atoms. The average Bonchev–Trinajstić information content (AvgIpc) is 3.12. The maximum Gasteiger partial charge on any atom is 0.0900 e. The number of piperidine rings is 2. The van der Waals surface area contributed by atoms with Crippen LogP contribution in [-0.2, 0) is 6.54 Å². The SMILES string of the molecule is c1ccc(CN2C3C4C5C2C2C3N4C(c3ccccc3)N52)cc1. The molecule has 114 valence electrons.